The third-order valence-electron chi connectivity index (χ3n) is 5.85. The predicted molar refractivity (Wildman–Crippen MR) is 156 cm³/mol. The van der Waals surface area contributed by atoms with E-state index in [1.54, 1.807) is 12.1 Å². The molecule has 0 aromatic heterocycles. The Morgan fingerprint density at radius 2 is 1.86 bits per heavy atom. The second kappa shape index (κ2) is 12.6. The SMILES string of the molecule is C=C/C=C(C)\C=C(/C)Cc1ccc(C2=CC(=C/C)/C(=N\C=C)C(c3cccc(NC(C)=O)c3)=C2)c(F)c1. The summed E-state index contributed by atoms with van der Waals surface area (Å²) in [4.78, 5) is 16.1. The van der Waals surface area contributed by atoms with Crippen molar-refractivity contribution >= 4 is 28.5 Å². The zero-order valence-electron chi connectivity index (χ0n) is 21.9. The molecule has 0 unspecified atom stereocenters. The van der Waals surface area contributed by atoms with E-state index in [0.29, 0.717) is 17.7 Å². The van der Waals surface area contributed by atoms with Gasteiger partial charge in [0.15, 0.2) is 0 Å². The van der Waals surface area contributed by atoms with Gasteiger partial charge >= 0.3 is 0 Å². The third-order valence-corrected chi connectivity index (χ3v) is 5.85. The van der Waals surface area contributed by atoms with Gasteiger partial charge in [-0.15, -0.1) is 0 Å². The molecular formula is C33H33FN2O. The summed E-state index contributed by atoms with van der Waals surface area (Å²) in [6.45, 7) is 14.9. The molecule has 3 rings (SSSR count). The second-order valence-electron chi connectivity index (χ2n) is 8.95. The molecule has 0 fully saturated rings. The molecule has 0 aliphatic heterocycles. The van der Waals surface area contributed by atoms with Gasteiger partial charge in [0, 0.05) is 29.9 Å². The van der Waals surface area contributed by atoms with Crippen LogP contribution in [0, 0.1) is 5.82 Å². The summed E-state index contributed by atoms with van der Waals surface area (Å²) in [6.07, 6.45) is 13.8. The van der Waals surface area contributed by atoms with E-state index in [1.165, 1.54) is 13.1 Å². The van der Waals surface area contributed by atoms with E-state index < -0.39 is 0 Å². The monoisotopic (exact) mass is 492 g/mol. The van der Waals surface area contributed by atoms with Crippen molar-refractivity contribution in [2.45, 2.75) is 34.1 Å². The number of amides is 1. The largest absolute Gasteiger partial charge is 0.326 e. The van der Waals surface area contributed by atoms with Crippen molar-refractivity contribution in [2.75, 3.05) is 5.32 Å². The van der Waals surface area contributed by atoms with Gasteiger partial charge in [0.25, 0.3) is 0 Å². The molecule has 1 aliphatic rings. The maximum Gasteiger partial charge on any atom is 0.221 e. The zero-order valence-corrected chi connectivity index (χ0v) is 21.9. The predicted octanol–water partition coefficient (Wildman–Crippen LogP) is 8.42. The number of benzene rings is 2. The van der Waals surface area contributed by atoms with Crippen molar-refractivity contribution in [3.05, 3.63) is 138 Å². The second-order valence-corrected chi connectivity index (χ2v) is 8.95. The number of hydrogen-bond acceptors (Lipinski definition) is 2. The number of allylic oxidation sites excluding steroid dienone is 11. The van der Waals surface area contributed by atoms with Gasteiger partial charge < -0.3 is 5.32 Å². The van der Waals surface area contributed by atoms with E-state index in [4.69, 9.17) is 0 Å². The molecule has 1 N–H and O–H groups in total. The number of halogens is 1. The van der Waals surface area contributed by atoms with E-state index in [2.05, 4.69) is 29.5 Å². The first kappa shape index (κ1) is 27.3. The fourth-order valence-electron chi connectivity index (χ4n) is 4.35. The Hall–Kier alpha value is -4.31. The van der Waals surface area contributed by atoms with E-state index in [1.807, 2.05) is 81.5 Å². The van der Waals surface area contributed by atoms with Gasteiger partial charge in [-0.25, -0.2) is 4.39 Å². The Morgan fingerprint density at radius 3 is 2.51 bits per heavy atom. The molecule has 4 heteroatoms. The summed E-state index contributed by atoms with van der Waals surface area (Å²) in [5, 5.41) is 2.82. The van der Waals surface area contributed by atoms with E-state index in [9.17, 15) is 4.79 Å². The molecule has 0 saturated heterocycles. The van der Waals surface area contributed by atoms with Crippen molar-refractivity contribution in [3.8, 4) is 0 Å². The summed E-state index contributed by atoms with van der Waals surface area (Å²) in [6, 6.07) is 12.9. The average molecular weight is 493 g/mol. The minimum Gasteiger partial charge on any atom is -0.326 e. The Bertz CT molecular complexity index is 1410. The van der Waals surface area contributed by atoms with Gasteiger partial charge in [0.1, 0.15) is 5.82 Å². The number of rotatable bonds is 8. The molecule has 2 aromatic rings. The van der Waals surface area contributed by atoms with E-state index in [0.717, 1.165) is 44.7 Å². The van der Waals surface area contributed by atoms with Crippen LogP contribution >= 0.6 is 0 Å². The van der Waals surface area contributed by atoms with Crippen LogP contribution in [-0.4, -0.2) is 11.6 Å². The quantitative estimate of drug-likeness (QED) is 0.369. The number of carbonyl (C=O) groups excluding carboxylic acids is 1. The number of aliphatic imine (C=N–C) groups is 1. The first-order valence-electron chi connectivity index (χ1n) is 12.2. The van der Waals surface area contributed by atoms with Crippen LogP contribution in [0.25, 0.3) is 11.1 Å². The minimum atomic E-state index is -0.280. The van der Waals surface area contributed by atoms with Crippen LogP contribution in [0.15, 0.2) is 120 Å². The van der Waals surface area contributed by atoms with Gasteiger partial charge in [-0.2, -0.15) is 0 Å². The number of anilines is 1. The topological polar surface area (TPSA) is 41.5 Å². The van der Waals surface area contributed by atoms with Gasteiger partial charge in [-0.05, 0) is 79.8 Å². The Labute approximate surface area is 219 Å². The molecule has 0 atom stereocenters. The molecule has 1 aliphatic carbocycles. The summed E-state index contributed by atoms with van der Waals surface area (Å²) in [5.41, 5.74) is 8.38. The smallest absolute Gasteiger partial charge is 0.221 e. The molecule has 0 saturated carbocycles. The van der Waals surface area contributed by atoms with Crippen LogP contribution in [-0.2, 0) is 11.2 Å². The lowest BCUT2D eigenvalue weighted by Crippen LogP contribution is -2.11. The maximum atomic E-state index is 15.5. The highest BCUT2D eigenvalue weighted by atomic mass is 19.1. The van der Waals surface area contributed by atoms with Crippen molar-refractivity contribution in [1.82, 2.24) is 0 Å². The highest BCUT2D eigenvalue weighted by molar-refractivity contribution is 6.36. The Balaban J connectivity index is 2.04. The van der Waals surface area contributed by atoms with Crippen molar-refractivity contribution < 1.29 is 9.18 Å². The van der Waals surface area contributed by atoms with Crippen molar-refractivity contribution in [3.63, 3.8) is 0 Å². The van der Waals surface area contributed by atoms with Crippen LogP contribution in [0.2, 0.25) is 0 Å². The Kier molecular flexibility index (Phi) is 9.28. The van der Waals surface area contributed by atoms with E-state index in [-0.39, 0.29) is 11.7 Å². The zero-order chi connectivity index (χ0) is 26.9. The normalized spacial score (nSPS) is 16.4. The molecule has 2 aromatic carbocycles. The molecule has 0 bridgehead atoms. The fraction of sp³-hybridized carbons (Fsp3) is 0.152. The summed E-state index contributed by atoms with van der Waals surface area (Å²) in [7, 11) is 0. The van der Waals surface area contributed by atoms with Crippen LogP contribution in [0.1, 0.15) is 44.4 Å². The lowest BCUT2D eigenvalue weighted by Gasteiger charge is -2.20. The van der Waals surface area contributed by atoms with Crippen LogP contribution in [0.4, 0.5) is 10.1 Å². The number of nitrogens with one attached hydrogen (secondary N) is 1. The Morgan fingerprint density at radius 1 is 1.08 bits per heavy atom. The van der Waals surface area contributed by atoms with Gasteiger partial charge in [0.05, 0.1) is 5.71 Å². The molecular weight excluding hydrogens is 459 g/mol. The number of carbonyl (C=O) groups is 1. The molecule has 3 nitrogen and oxygen atoms in total. The molecule has 0 spiro atoms. The first-order valence-corrected chi connectivity index (χ1v) is 12.2. The lowest BCUT2D eigenvalue weighted by atomic mass is 9.85. The van der Waals surface area contributed by atoms with Crippen molar-refractivity contribution in [2.24, 2.45) is 4.99 Å². The van der Waals surface area contributed by atoms with Crippen molar-refractivity contribution in [1.29, 1.82) is 0 Å². The number of hydrogen-bond donors (Lipinski definition) is 1. The first-order chi connectivity index (χ1) is 17.7. The fourth-order valence-corrected chi connectivity index (χ4v) is 4.35. The third kappa shape index (κ3) is 7.11. The number of nitrogens with zero attached hydrogens (tertiary/aromatic N) is 1. The lowest BCUT2D eigenvalue weighted by molar-refractivity contribution is -0.114. The van der Waals surface area contributed by atoms with Crippen LogP contribution in [0.3, 0.4) is 0 Å². The molecule has 188 valence electrons. The standard InChI is InChI=1S/C33H33FN2O/c1-7-11-22(4)16-23(5)17-25-14-15-30(32(34)18-25)28-19-26(8-2)33(35-9-3)31(21-28)27-12-10-13-29(20-27)36-24(6)37/h7-16,18-21H,1,3,17H2,2,4-6H3,(H,36,37)/b22-11-,23-16+,26-8-,35-33+. The van der Waals surface area contributed by atoms with Crippen LogP contribution < -0.4 is 5.32 Å². The highest BCUT2D eigenvalue weighted by Crippen LogP contribution is 2.34. The molecule has 0 radical (unpaired) electrons. The average Bonchev–Trinajstić information content (AvgIpc) is 2.84. The summed E-state index contributed by atoms with van der Waals surface area (Å²) < 4.78 is 15.5. The van der Waals surface area contributed by atoms with Gasteiger partial charge in [0.2, 0.25) is 5.91 Å². The molecule has 37 heavy (non-hydrogen) atoms. The van der Waals surface area contributed by atoms with E-state index >= 15 is 4.39 Å². The minimum absolute atomic E-state index is 0.149. The summed E-state index contributed by atoms with van der Waals surface area (Å²) in [5.74, 6) is -0.430. The molecule has 1 amide bonds. The summed E-state index contributed by atoms with van der Waals surface area (Å²) >= 11 is 0. The highest BCUT2D eigenvalue weighted by Gasteiger charge is 2.21. The van der Waals surface area contributed by atoms with Crippen LogP contribution in [0.5, 0.6) is 0 Å². The molecule has 0 heterocycles. The van der Waals surface area contributed by atoms with Gasteiger partial charge in [-0.1, -0.05) is 72.9 Å². The maximum absolute atomic E-state index is 15.5. The van der Waals surface area contributed by atoms with Gasteiger partial charge in [-0.3, -0.25) is 9.79 Å².